The Hall–Kier alpha value is -1.85. The molecule has 0 saturated carbocycles. The average Bonchev–Trinajstić information content (AvgIpc) is 2.92. The molecule has 0 spiro atoms. The summed E-state index contributed by atoms with van der Waals surface area (Å²) in [7, 11) is 1.79. The molecule has 128 valence electrons. The fourth-order valence-corrected chi connectivity index (χ4v) is 3.48. The molecule has 24 heavy (non-hydrogen) atoms. The number of nitrogens with zero attached hydrogens (tertiary/aromatic N) is 1. The minimum atomic E-state index is -0.362. The molecular weight excluding hydrogens is 344 g/mol. The number of benzene rings is 1. The second-order valence-electron chi connectivity index (χ2n) is 5.79. The van der Waals surface area contributed by atoms with Crippen molar-refractivity contribution in [3.05, 3.63) is 56.7 Å². The zero-order valence-electron chi connectivity index (χ0n) is 14.0. The number of thiophene rings is 1. The van der Waals surface area contributed by atoms with E-state index in [0.29, 0.717) is 11.6 Å². The van der Waals surface area contributed by atoms with Crippen LogP contribution in [0.3, 0.4) is 0 Å². The predicted molar refractivity (Wildman–Crippen MR) is 98.2 cm³/mol. The lowest BCUT2D eigenvalue weighted by atomic mass is 10.0. The van der Waals surface area contributed by atoms with E-state index in [4.69, 9.17) is 11.6 Å². The molecule has 1 N–H and O–H groups in total. The van der Waals surface area contributed by atoms with Crippen molar-refractivity contribution in [2.45, 2.75) is 32.9 Å². The van der Waals surface area contributed by atoms with Crippen molar-refractivity contribution in [3.8, 4) is 0 Å². The molecule has 0 aliphatic heterocycles. The molecule has 1 atom stereocenters. The van der Waals surface area contributed by atoms with Crippen LogP contribution >= 0.6 is 22.9 Å². The Bertz CT molecular complexity index is 712. The Morgan fingerprint density at radius 3 is 2.46 bits per heavy atom. The van der Waals surface area contributed by atoms with Gasteiger partial charge in [0, 0.05) is 23.9 Å². The minimum Gasteiger partial charge on any atom is -0.349 e. The van der Waals surface area contributed by atoms with Crippen molar-refractivity contribution in [3.63, 3.8) is 0 Å². The maximum Gasteiger partial charge on any atom is 0.225 e. The number of hydrogen-bond donors (Lipinski definition) is 1. The summed E-state index contributed by atoms with van der Waals surface area (Å²) in [5.74, 6) is -0.184. The summed E-state index contributed by atoms with van der Waals surface area (Å²) in [4.78, 5) is 26.9. The highest BCUT2D eigenvalue weighted by Gasteiger charge is 2.20. The Labute approximate surface area is 151 Å². The van der Waals surface area contributed by atoms with Crippen LogP contribution in [0.4, 0.5) is 0 Å². The lowest BCUT2D eigenvalue weighted by Crippen LogP contribution is -2.33. The lowest BCUT2D eigenvalue weighted by Gasteiger charge is -2.22. The zero-order chi connectivity index (χ0) is 17.7. The highest BCUT2D eigenvalue weighted by atomic mass is 35.5. The molecule has 1 unspecified atom stereocenters. The van der Waals surface area contributed by atoms with Gasteiger partial charge in [-0.15, -0.1) is 11.3 Å². The molecule has 0 bridgehead atoms. The van der Waals surface area contributed by atoms with E-state index in [0.717, 1.165) is 5.56 Å². The van der Waals surface area contributed by atoms with Crippen LogP contribution in [-0.2, 0) is 16.1 Å². The average molecular weight is 365 g/mol. The maximum atomic E-state index is 12.6. The minimum absolute atomic E-state index is 0.0171. The third-order valence-electron chi connectivity index (χ3n) is 3.80. The number of halogens is 1. The fraction of sp³-hybridized carbons (Fsp3) is 0.333. The van der Waals surface area contributed by atoms with Gasteiger partial charge in [-0.25, -0.2) is 0 Å². The predicted octanol–water partition coefficient (Wildman–Crippen LogP) is 3.94. The van der Waals surface area contributed by atoms with E-state index in [1.54, 1.807) is 35.4 Å². The molecule has 0 aliphatic rings. The number of rotatable bonds is 6. The molecule has 1 aromatic carbocycles. The van der Waals surface area contributed by atoms with Gasteiger partial charge in [-0.1, -0.05) is 23.7 Å². The first kappa shape index (κ1) is 18.5. The summed E-state index contributed by atoms with van der Waals surface area (Å²) in [5, 5.41) is 5.49. The van der Waals surface area contributed by atoms with E-state index in [9.17, 15) is 9.59 Å². The van der Waals surface area contributed by atoms with E-state index in [2.05, 4.69) is 5.32 Å². The van der Waals surface area contributed by atoms with E-state index >= 15 is 0 Å². The number of carbonyl (C=O) groups is 2. The highest BCUT2D eigenvalue weighted by Crippen LogP contribution is 2.22. The number of carbonyl (C=O) groups excluding carboxylic acids is 2. The quantitative estimate of drug-likeness (QED) is 0.844. The van der Waals surface area contributed by atoms with Crippen LogP contribution in [0.15, 0.2) is 35.7 Å². The monoisotopic (exact) mass is 364 g/mol. The molecular formula is C18H21ClN2O2S. The molecule has 0 aliphatic carbocycles. The maximum absolute atomic E-state index is 12.6. The van der Waals surface area contributed by atoms with Gasteiger partial charge in [0.25, 0.3) is 0 Å². The Morgan fingerprint density at radius 1 is 1.25 bits per heavy atom. The summed E-state index contributed by atoms with van der Waals surface area (Å²) >= 11 is 7.56. The Kier molecular flexibility index (Phi) is 6.40. The van der Waals surface area contributed by atoms with Gasteiger partial charge in [0.1, 0.15) is 0 Å². The molecule has 0 saturated heterocycles. The van der Waals surface area contributed by atoms with Gasteiger partial charge in [-0.3, -0.25) is 9.59 Å². The Balaban J connectivity index is 2.07. The van der Waals surface area contributed by atoms with Crippen LogP contribution in [0.25, 0.3) is 0 Å². The standard InChI is InChI=1S/C18H21ClN2O2S/c1-12-8-9-24-17(12)11-21(3)18(23)10-16(20-13(2)22)14-4-6-15(19)7-5-14/h4-9,16H,10-11H2,1-3H3,(H,20,22). The van der Waals surface area contributed by atoms with E-state index < -0.39 is 0 Å². The van der Waals surface area contributed by atoms with Gasteiger partial charge in [0.05, 0.1) is 19.0 Å². The van der Waals surface area contributed by atoms with Crippen molar-refractivity contribution in [1.82, 2.24) is 10.2 Å². The molecule has 6 heteroatoms. The molecule has 0 radical (unpaired) electrons. The first-order chi connectivity index (χ1) is 11.4. The van der Waals surface area contributed by atoms with E-state index in [-0.39, 0.29) is 24.3 Å². The smallest absolute Gasteiger partial charge is 0.225 e. The van der Waals surface area contributed by atoms with Crippen molar-refractivity contribution >= 4 is 34.8 Å². The fourth-order valence-electron chi connectivity index (χ4n) is 2.39. The Morgan fingerprint density at radius 2 is 1.92 bits per heavy atom. The SMILES string of the molecule is CC(=O)NC(CC(=O)N(C)Cc1sccc1C)c1ccc(Cl)cc1. The van der Waals surface area contributed by atoms with Gasteiger partial charge in [0.2, 0.25) is 11.8 Å². The molecule has 2 aromatic rings. The van der Waals surface area contributed by atoms with Gasteiger partial charge >= 0.3 is 0 Å². The van der Waals surface area contributed by atoms with Crippen molar-refractivity contribution in [1.29, 1.82) is 0 Å². The normalized spacial score (nSPS) is 11.8. The number of hydrogen-bond acceptors (Lipinski definition) is 3. The molecule has 4 nitrogen and oxygen atoms in total. The topological polar surface area (TPSA) is 49.4 Å². The van der Waals surface area contributed by atoms with Crippen LogP contribution in [0, 0.1) is 6.92 Å². The number of aryl methyl sites for hydroxylation is 1. The summed E-state index contributed by atoms with van der Waals surface area (Å²) in [6.45, 7) is 4.07. The van der Waals surface area contributed by atoms with Gasteiger partial charge in [-0.2, -0.15) is 0 Å². The zero-order valence-corrected chi connectivity index (χ0v) is 15.6. The first-order valence-electron chi connectivity index (χ1n) is 7.66. The largest absolute Gasteiger partial charge is 0.349 e. The highest BCUT2D eigenvalue weighted by molar-refractivity contribution is 7.10. The van der Waals surface area contributed by atoms with Crippen molar-refractivity contribution in [2.75, 3.05) is 7.05 Å². The molecule has 1 aromatic heterocycles. The van der Waals surface area contributed by atoms with Gasteiger partial charge in [0.15, 0.2) is 0 Å². The number of nitrogens with one attached hydrogen (secondary N) is 1. The number of amides is 2. The van der Waals surface area contributed by atoms with Crippen LogP contribution in [-0.4, -0.2) is 23.8 Å². The van der Waals surface area contributed by atoms with Gasteiger partial charge in [-0.05, 0) is 41.6 Å². The van der Waals surface area contributed by atoms with E-state index in [1.807, 2.05) is 30.5 Å². The van der Waals surface area contributed by atoms with Gasteiger partial charge < -0.3 is 10.2 Å². The summed E-state index contributed by atoms with van der Waals surface area (Å²) < 4.78 is 0. The van der Waals surface area contributed by atoms with Crippen molar-refractivity contribution < 1.29 is 9.59 Å². The molecule has 1 heterocycles. The second kappa shape index (κ2) is 8.31. The molecule has 0 fully saturated rings. The third-order valence-corrected chi connectivity index (χ3v) is 5.06. The molecule has 2 rings (SSSR count). The van der Waals surface area contributed by atoms with E-state index in [1.165, 1.54) is 17.4 Å². The van der Waals surface area contributed by atoms with Crippen LogP contribution < -0.4 is 5.32 Å². The first-order valence-corrected chi connectivity index (χ1v) is 8.92. The second-order valence-corrected chi connectivity index (χ2v) is 7.22. The summed E-state index contributed by atoms with van der Waals surface area (Å²) in [6.07, 6.45) is 0.210. The summed E-state index contributed by atoms with van der Waals surface area (Å²) in [6, 6.07) is 8.87. The van der Waals surface area contributed by atoms with Crippen LogP contribution in [0.1, 0.15) is 35.4 Å². The summed E-state index contributed by atoms with van der Waals surface area (Å²) in [5.41, 5.74) is 2.06. The van der Waals surface area contributed by atoms with Crippen LogP contribution in [0.2, 0.25) is 5.02 Å². The molecule has 2 amide bonds. The van der Waals surface area contributed by atoms with Crippen molar-refractivity contribution in [2.24, 2.45) is 0 Å². The van der Waals surface area contributed by atoms with Crippen LogP contribution in [0.5, 0.6) is 0 Å². The third kappa shape index (κ3) is 5.08. The lowest BCUT2D eigenvalue weighted by molar-refractivity contribution is -0.131.